The van der Waals surface area contributed by atoms with Gasteiger partial charge in [0.15, 0.2) is 17.2 Å². The summed E-state index contributed by atoms with van der Waals surface area (Å²) in [6.07, 6.45) is 3.91. The number of halogens is 2. The van der Waals surface area contributed by atoms with Gasteiger partial charge in [0, 0.05) is 18.0 Å². The van der Waals surface area contributed by atoms with Crippen molar-refractivity contribution >= 4 is 46.8 Å². The van der Waals surface area contributed by atoms with Gasteiger partial charge in [0.1, 0.15) is 11.3 Å². The fourth-order valence-corrected chi connectivity index (χ4v) is 5.14. The van der Waals surface area contributed by atoms with E-state index in [1.165, 1.54) is 0 Å². The van der Waals surface area contributed by atoms with Crippen LogP contribution in [0.4, 0.5) is 4.39 Å². The standard InChI is InChI=1S/C23H23FN4O5.C8H9N3.ClH/c1-11-12-7-8-16(14(12)6-5-13(11)22(32)33-23(2,3)4)27-20(29)18-9-17(21(30)31)26-19-15(24)10-25-28(18)19;9-4-6-1-2-7-5-10-11-8(7)3-6;/h5-6,9-10,16H,7-8H2,1-4H3,(H,27,29)(H,30,31);1-3,5H,4,9H2,(H,10,11);1H/t16-;;/m0../s1. The van der Waals surface area contributed by atoms with Crippen LogP contribution in [0.25, 0.3) is 16.6 Å². The molecule has 0 bridgehead atoms. The van der Waals surface area contributed by atoms with E-state index in [1.54, 1.807) is 39.1 Å². The molecular weight excluding hydrogens is 605 g/mol. The molecule has 6 rings (SSSR count). The number of esters is 1. The van der Waals surface area contributed by atoms with Crippen LogP contribution >= 0.6 is 12.4 Å². The number of amides is 1. The first-order valence-corrected chi connectivity index (χ1v) is 13.9. The predicted molar refractivity (Wildman–Crippen MR) is 166 cm³/mol. The summed E-state index contributed by atoms with van der Waals surface area (Å²) in [5, 5.41) is 23.9. The van der Waals surface area contributed by atoms with Crippen molar-refractivity contribution in [1.82, 2.24) is 30.1 Å². The second-order valence-electron chi connectivity index (χ2n) is 11.4. The van der Waals surface area contributed by atoms with Gasteiger partial charge in [0.05, 0.1) is 29.5 Å². The molecule has 0 radical (unpaired) electrons. The molecule has 0 unspecified atom stereocenters. The molecule has 5 aromatic rings. The molecule has 2 aromatic carbocycles. The summed E-state index contributed by atoms with van der Waals surface area (Å²) in [6, 6.07) is 10.2. The van der Waals surface area contributed by atoms with Crippen LogP contribution in [0.1, 0.15) is 86.8 Å². The zero-order chi connectivity index (χ0) is 31.8. The van der Waals surface area contributed by atoms with Crippen LogP contribution in [0.15, 0.2) is 48.8 Å². The molecule has 1 amide bonds. The topological polar surface area (TPSA) is 178 Å². The number of aromatic nitrogens is 5. The van der Waals surface area contributed by atoms with Gasteiger partial charge in [0.25, 0.3) is 5.91 Å². The lowest BCUT2D eigenvalue weighted by Gasteiger charge is -2.21. The second-order valence-corrected chi connectivity index (χ2v) is 11.4. The number of fused-ring (bicyclic) bond motifs is 3. The number of rotatable bonds is 5. The molecule has 14 heteroatoms. The Balaban J connectivity index is 0.000000322. The van der Waals surface area contributed by atoms with Crippen molar-refractivity contribution in [3.63, 3.8) is 0 Å². The van der Waals surface area contributed by atoms with Gasteiger partial charge in [0.2, 0.25) is 0 Å². The van der Waals surface area contributed by atoms with Crippen molar-refractivity contribution in [1.29, 1.82) is 0 Å². The van der Waals surface area contributed by atoms with Crippen LogP contribution in [-0.4, -0.2) is 53.3 Å². The van der Waals surface area contributed by atoms with E-state index in [-0.39, 0.29) is 29.8 Å². The number of H-pyrrole nitrogens is 1. The van der Waals surface area contributed by atoms with Crippen molar-refractivity contribution in [3.8, 4) is 0 Å². The van der Waals surface area contributed by atoms with Crippen LogP contribution in [0.3, 0.4) is 0 Å². The highest BCUT2D eigenvalue weighted by Crippen LogP contribution is 2.35. The van der Waals surface area contributed by atoms with Crippen molar-refractivity contribution in [3.05, 3.63) is 93.8 Å². The van der Waals surface area contributed by atoms with Crippen molar-refractivity contribution < 1.29 is 28.6 Å². The summed E-state index contributed by atoms with van der Waals surface area (Å²) >= 11 is 0. The molecule has 0 saturated heterocycles. The Morgan fingerprint density at radius 1 is 1.18 bits per heavy atom. The zero-order valence-electron chi connectivity index (χ0n) is 25.1. The van der Waals surface area contributed by atoms with E-state index in [0.29, 0.717) is 24.9 Å². The summed E-state index contributed by atoms with van der Waals surface area (Å²) in [5.74, 6) is -3.23. The Morgan fingerprint density at radius 3 is 2.62 bits per heavy atom. The van der Waals surface area contributed by atoms with Gasteiger partial charge in [-0.3, -0.25) is 9.89 Å². The fraction of sp³-hybridized carbons (Fsp3) is 0.290. The average Bonchev–Trinajstić information content (AvgIpc) is 3.71. The Kier molecular flexibility index (Phi) is 9.54. The van der Waals surface area contributed by atoms with E-state index in [1.807, 2.05) is 25.1 Å². The molecule has 1 atom stereocenters. The number of hydrogen-bond donors (Lipinski definition) is 4. The highest BCUT2D eigenvalue weighted by Gasteiger charge is 2.30. The first-order valence-electron chi connectivity index (χ1n) is 13.9. The Hall–Kier alpha value is -4.88. The number of nitrogens with one attached hydrogen (secondary N) is 2. The van der Waals surface area contributed by atoms with E-state index in [4.69, 9.17) is 10.5 Å². The largest absolute Gasteiger partial charge is 0.477 e. The van der Waals surface area contributed by atoms with Crippen LogP contribution in [-0.2, 0) is 17.7 Å². The second kappa shape index (κ2) is 13.0. The molecule has 0 fully saturated rings. The quantitative estimate of drug-likeness (QED) is 0.199. The number of carbonyl (C=O) groups is 3. The number of carboxylic acids is 1. The fourth-order valence-electron chi connectivity index (χ4n) is 5.14. The lowest BCUT2D eigenvalue weighted by Crippen LogP contribution is -2.29. The molecule has 1 aliphatic rings. The first kappa shape index (κ1) is 33.0. The van der Waals surface area contributed by atoms with E-state index in [2.05, 4.69) is 25.6 Å². The van der Waals surface area contributed by atoms with Gasteiger partial charge in [-0.2, -0.15) is 10.2 Å². The van der Waals surface area contributed by atoms with Crippen molar-refractivity contribution in [2.24, 2.45) is 5.73 Å². The maximum absolute atomic E-state index is 14.0. The summed E-state index contributed by atoms with van der Waals surface area (Å²) in [6.45, 7) is 7.83. The Labute approximate surface area is 263 Å². The highest BCUT2D eigenvalue weighted by molar-refractivity contribution is 5.96. The first-order chi connectivity index (χ1) is 20.9. The smallest absolute Gasteiger partial charge is 0.354 e. The Morgan fingerprint density at radius 2 is 1.93 bits per heavy atom. The molecule has 0 saturated carbocycles. The third kappa shape index (κ3) is 6.94. The molecule has 3 aromatic heterocycles. The number of hydrogen-bond acceptors (Lipinski definition) is 8. The van der Waals surface area contributed by atoms with Gasteiger partial charge in [-0.25, -0.2) is 23.5 Å². The predicted octanol–water partition coefficient (Wildman–Crippen LogP) is 4.69. The average molecular weight is 638 g/mol. The lowest BCUT2D eigenvalue weighted by atomic mass is 9.97. The molecular formula is C31H33ClFN7O5. The van der Waals surface area contributed by atoms with E-state index < -0.39 is 35.0 Å². The number of aromatic amines is 1. The molecule has 45 heavy (non-hydrogen) atoms. The van der Waals surface area contributed by atoms with Gasteiger partial charge in [-0.15, -0.1) is 12.4 Å². The monoisotopic (exact) mass is 637 g/mol. The summed E-state index contributed by atoms with van der Waals surface area (Å²) in [4.78, 5) is 40.7. The van der Waals surface area contributed by atoms with E-state index in [0.717, 1.165) is 49.9 Å². The zero-order valence-corrected chi connectivity index (χ0v) is 25.9. The van der Waals surface area contributed by atoms with Crippen LogP contribution in [0.2, 0.25) is 0 Å². The normalized spacial score (nSPS) is 13.9. The maximum Gasteiger partial charge on any atom is 0.354 e. The van der Waals surface area contributed by atoms with E-state index >= 15 is 0 Å². The molecule has 12 nitrogen and oxygen atoms in total. The molecule has 0 aliphatic heterocycles. The van der Waals surface area contributed by atoms with Crippen LogP contribution in [0, 0.1) is 12.7 Å². The number of nitrogens with zero attached hydrogens (tertiary/aromatic N) is 4. The van der Waals surface area contributed by atoms with Gasteiger partial charge in [-0.05, 0) is 74.9 Å². The van der Waals surface area contributed by atoms with Crippen LogP contribution < -0.4 is 11.1 Å². The van der Waals surface area contributed by atoms with Gasteiger partial charge >= 0.3 is 11.9 Å². The number of ether oxygens (including phenoxy) is 1. The van der Waals surface area contributed by atoms with Gasteiger partial charge < -0.3 is 20.9 Å². The van der Waals surface area contributed by atoms with E-state index in [9.17, 15) is 23.9 Å². The molecule has 236 valence electrons. The number of nitrogens with two attached hydrogens (primary N) is 1. The van der Waals surface area contributed by atoms with Crippen molar-refractivity contribution in [2.75, 3.05) is 0 Å². The molecule has 5 N–H and O–H groups in total. The summed E-state index contributed by atoms with van der Waals surface area (Å²) in [7, 11) is 0. The van der Waals surface area contributed by atoms with Crippen molar-refractivity contribution in [2.45, 2.75) is 58.7 Å². The van der Waals surface area contributed by atoms with Crippen LogP contribution in [0.5, 0.6) is 0 Å². The van der Waals surface area contributed by atoms with Gasteiger partial charge in [-0.1, -0.05) is 18.2 Å². The minimum Gasteiger partial charge on any atom is -0.477 e. The summed E-state index contributed by atoms with van der Waals surface area (Å²) < 4.78 is 20.4. The highest BCUT2D eigenvalue weighted by atomic mass is 35.5. The lowest BCUT2D eigenvalue weighted by molar-refractivity contribution is 0.00682. The molecule has 1 aliphatic carbocycles. The third-order valence-electron chi connectivity index (χ3n) is 7.24. The number of benzene rings is 2. The summed E-state index contributed by atoms with van der Waals surface area (Å²) in [5.41, 5.74) is 9.19. The SMILES string of the molecule is Cc1c(C(=O)OC(C)(C)C)ccc2c1CC[C@@H]2NC(=O)c1cc(C(=O)O)nc2c(F)cnn12.Cl.NCc1ccc2cn[nH]c2c1. The minimum atomic E-state index is -1.39. The number of carboxylic acid groups (broad SMARTS) is 1. The minimum absolute atomic E-state index is 0. The molecule has 3 heterocycles. The Bertz CT molecular complexity index is 1910. The molecule has 0 spiro atoms. The third-order valence-corrected chi connectivity index (χ3v) is 7.24. The number of carbonyl (C=O) groups excluding carboxylic acids is 2. The number of aromatic carboxylic acids is 1. The maximum atomic E-state index is 14.0.